The largest absolute Gasteiger partial charge is 0.371 e. The van der Waals surface area contributed by atoms with Crippen LogP contribution >= 0.6 is 23.2 Å². The van der Waals surface area contributed by atoms with E-state index in [1.54, 1.807) is 12.1 Å². The maximum absolute atomic E-state index is 10.0. The van der Waals surface area contributed by atoms with Gasteiger partial charge in [-0.2, -0.15) is 0 Å². The Morgan fingerprint density at radius 1 is 0.805 bits per heavy atom. The highest BCUT2D eigenvalue weighted by Gasteiger charge is 2.21. The minimum absolute atomic E-state index is 0.158. The van der Waals surface area contributed by atoms with Crippen LogP contribution in [0.1, 0.15) is 39.3 Å². The second-order valence-corrected chi connectivity index (χ2v) is 10.3. The number of hydrogen-bond acceptors (Lipinski definition) is 7. The van der Waals surface area contributed by atoms with Gasteiger partial charge in [-0.25, -0.2) is 9.97 Å². The predicted molar refractivity (Wildman–Crippen MR) is 162 cm³/mol. The Morgan fingerprint density at radius 2 is 1.44 bits per heavy atom. The van der Waals surface area contributed by atoms with Crippen LogP contribution in [-0.2, 0) is 16.0 Å². The van der Waals surface area contributed by atoms with Crippen LogP contribution in [0.2, 0.25) is 10.3 Å². The summed E-state index contributed by atoms with van der Waals surface area (Å²) in [5.74, 6) is 0. The molecule has 2 aliphatic rings. The lowest BCUT2D eigenvalue weighted by Gasteiger charge is -2.33. The number of aldehydes is 1. The summed E-state index contributed by atoms with van der Waals surface area (Å²) in [6.45, 7) is 6.24. The highest BCUT2D eigenvalue weighted by Crippen LogP contribution is 2.23. The summed E-state index contributed by atoms with van der Waals surface area (Å²) in [4.78, 5) is 20.2. The second kappa shape index (κ2) is 16.9. The normalized spacial score (nSPS) is 18.7. The maximum atomic E-state index is 10.0. The van der Waals surface area contributed by atoms with Crippen molar-refractivity contribution < 1.29 is 14.3 Å². The van der Waals surface area contributed by atoms with E-state index in [1.807, 2.05) is 42.6 Å². The fourth-order valence-corrected chi connectivity index (χ4v) is 4.60. The molecule has 6 rings (SSSR count). The Hall–Kier alpha value is -3.17. The molecule has 2 aromatic heterocycles. The third-order valence-electron chi connectivity index (χ3n) is 6.50. The molecule has 4 heterocycles. The van der Waals surface area contributed by atoms with Gasteiger partial charge >= 0.3 is 0 Å². The van der Waals surface area contributed by atoms with Gasteiger partial charge in [-0.05, 0) is 34.9 Å². The van der Waals surface area contributed by atoms with Gasteiger partial charge in [0.15, 0.2) is 6.29 Å². The summed E-state index contributed by atoms with van der Waals surface area (Å²) in [7, 11) is 0. The van der Waals surface area contributed by atoms with Crippen molar-refractivity contribution in [3.8, 4) is 0 Å². The van der Waals surface area contributed by atoms with Crippen LogP contribution in [0, 0.1) is 0 Å². The lowest BCUT2D eigenvalue weighted by Crippen LogP contribution is -2.37. The Labute approximate surface area is 251 Å². The molecule has 0 spiro atoms. The van der Waals surface area contributed by atoms with E-state index >= 15 is 0 Å². The van der Waals surface area contributed by atoms with E-state index in [9.17, 15) is 4.79 Å². The standard InChI is InChI=1S/C16H17ClN2O.C10H13NO.C6H4ClNO/c17-16-7-6-13(10-18-16)11-19-8-9-20-15(12-19)14-4-2-1-3-5-14;1-2-4-9(5-3-1)10-8-11-6-7-12-10;7-6-2-1-5(4-9)3-8-6/h1-7,10,15H,8-9,11-12H2;1-5,10-11H,6-8H2;1-4H/t15-;10-;/m11./s1. The van der Waals surface area contributed by atoms with Gasteiger partial charge in [0.05, 0.1) is 25.4 Å². The van der Waals surface area contributed by atoms with Crippen LogP contribution < -0.4 is 5.32 Å². The van der Waals surface area contributed by atoms with Crippen molar-refractivity contribution in [1.29, 1.82) is 0 Å². The summed E-state index contributed by atoms with van der Waals surface area (Å²) in [5.41, 5.74) is 4.23. The summed E-state index contributed by atoms with van der Waals surface area (Å²) in [6, 6.07) is 27.8. The average Bonchev–Trinajstić information content (AvgIpc) is 3.05. The van der Waals surface area contributed by atoms with Crippen LogP contribution in [0.25, 0.3) is 0 Å². The second-order valence-electron chi connectivity index (χ2n) is 9.50. The molecule has 0 unspecified atom stereocenters. The molecule has 0 aliphatic carbocycles. The molecule has 0 radical (unpaired) electrons. The molecule has 7 nitrogen and oxygen atoms in total. The third kappa shape index (κ3) is 10.6. The Balaban J connectivity index is 0.000000156. The van der Waals surface area contributed by atoms with E-state index in [0.717, 1.165) is 52.2 Å². The first-order valence-corrected chi connectivity index (χ1v) is 14.3. The van der Waals surface area contributed by atoms with Crippen molar-refractivity contribution in [3.05, 3.63) is 130 Å². The monoisotopic (exact) mass is 592 g/mol. The lowest BCUT2D eigenvalue weighted by molar-refractivity contribution is -0.0329. The molecule has 9 heteroatoms. The maximum Gasteiger partial charge on any atom is 0.151 e. The summed E-state index contributed by atoms with van der Waals surface area (Å²) in [5, 5.41) is 4.25. The molecule has 1 N–H and O–H groups in total. The minimum atomic E-state index is 0.158. The molecular formula is C32H34Cl2N4O3. The molecule has 214 valence electrons. The molecule has 0 amide bonds. The van der Waals surface area contributed by atoms with Gasteiger partial charge in [-0.1, -0.05) is 89.9 Å². The number of pyridine rings is 2. The zero-order valence-corrected chi connectivity index (χ0v) is 24.3. The van der Waals surface area contributed by atoms with E-state index in [-0.39, 0.29) is 12.2 Å². The number of nitrogens with one attached hydrogen (secondary N) is 1. The highest BCUT2D eigenvalue weighted by molar-refractivity contribution is 6.29. The van der Waals surface area contributed by atoms with Gasteiger partial charge in [0.25, 0.3) is 0 Å². The van der Waals surface area contributed by atoms with Crippen molar-refractivity contribution in [2.75, 3.05) is 39.4 Å². The van der Waals surface area contributed by atoms with E-state index in [0.29, 0.717) is 15.9 Å². The van der Waals surface area contributed by atoms with Crippen molar-refractivity contribution in [2.24, 2.45) is 0 Å². The highest BCUT2D eigenvalue weighted by atomic mass is 35.5. The van der Waals surface area contributed by atoms with Gasteiger partial charge < -0.3 is 14.8 Å². The van der Waals surface area contributed by atoms with Gasteiger partial charge in [-0.3, -0.25) is 9.69 Å². The van der Waals surface area contributed by atoms with Gasteiger partial charge in [0.1, 0.15) is 10.3 Å². The molecule has 41 heavy (non-hydrogen) atoms. The number of benzene rings is 2. The van der Waals surface area contributed by atoms with Crippen LogP contribution in [0.5, 0.6) is 0 Å². The first-order chi connectivity index (χ1) is 20.1. The average molecular weight is 594 g/mol. The molecule has 2 saturated heterocycles. The fraction of sp³-hybridized carbons (Fsp3) is 0.281. The topological polar surface area (TPSA) is 76.6 Å². The van der Waals surface area contributed by atoms with E-state index < -0.39 is 0 Å². The van der Waals surface area contributed by atoms with Crippen LogP contribution in [0.15, 0.2) is 97.3 Å². The summed E-state index contributed by atoms with van der Waals surface area (Å²) >= 11 is 11.3. The number of hydrogen-bond donors (Lipinski definition) is 1. The Bertz CT molecular complexity index is 1290. The number of rotatable bonds is 5. The molecular weight excluding hydrogens is 559 g/mol. The van der Waals surface area contributed by atoms with Crippen LogP contribution in [-0.4, -0.2) is 60.5 Å². The van der Waals surface area contributed by atoms with E-state index in [2.05, 4.69) is 56.6 Å². The zero-order chi connectivity index (χ0) is 28.7. The van der Waals surface area contributed by atoms with E-state index in [4.69, 9.17) is 32.7 Å². The number of carbonyl (C=O) groups excluding carboxylic acids is 1. The SMILES string of the molecule is Clc1ccc(CN2CCO[C@@H](c3ccccc3)C2)cn1.O=Cc1ccc(Cl)nc1.c1ccc([C@H]2CNCCO2)cc1. The molecule has 2 aliphatic heterocycles. The molecule has 0 saturated carbocycles. The third-order valence-corrected chi connectivity index (χ3v) is 6.95. The first kappa shape index (κ1) is 30.8. The Morgan fingerprint density at radius 3 is 2.00 bits per heavy atom. The number of aromatic nitrogens is 2. The lowest BCUT2D eigenvalue weighted by atomic mass is 10.1. The minimum Gasteiger partial charge on any atom is -0.371 e. The smallest absolute Gasteiger partial charge is 0.151 e. The molecule has 0 bridgehead atoms. The number of halogens is 2. The quantitative estimate of drug-likeness (QED) is 0.218. The van der Waals surface area contributed by atoms with Gasteiger partial charge in [0.2, 0.25) is 0 Å². The van der Waals surface area contributed by atoms with Crippen molar-refractivity contribution in [3.63, 3.8) is 0 Å². The van der Waals surface area contributed by atoms with Gasteiger partial charge in [0, 0.05) is 50.7 Å². The van der Waals surface area contributed by atoms with Gasteiger partial charge in [-0.15, -0.1) is 0 Å². The first-order valence-electron chi connectivity index (χ1n) is 13.5. The molecule has 2 aromatic carbocycles. The zero-order valence-electron chi connectivity index (χ0n) is 22.7. The summed E-state index contributed by atoms with van der Waals surface area (Å²) in [6.07, 6.45) is 4.40. The Kier molecular flexibility index (Phi) is 12.7. The molecule has 2 fully saturated rings. The number of ether oxygens (including phenoxy) is 2. The number of morpholine rings is 2. The van der Waals surface area contributed by atoms with Crippen molar-refractivity contribution in [2.45, 2.75) is 18.8 Å². The predicted octanol–water partition coefficient (Wildman–Crippen LogP) is 6.20. The fourth-order valence-electron chi connectivity index (χ4n) is 4.38. The number of carbonyl (C=O) groups is 1. The van der Waals surface area contributed by atoms with E-state index in [1.165, 1.54) is 22.9 Å². The van der Waals surface area contributed by atoms with Crippen molar-refractivity contribution in [1.82, 2.24) is 20.2 Å². The van der Waals surface area contributed by atoms with Crippen molar-refractivity contribution >= 4 is 29.5 Å². The summed E-state index contributed by atoms with van der Waals surface area (Å²) < 4.78 is 11.5. The van der Waals surface area contributed by atoms with Crippen LogP contribution in [0.4, 0.5) is 0 Å². The molecule has 4 aromatic rings. The van der Waals surface area contributed by atoms with Crippen LogP contribution in [0.3, 0.4) is 0 Å². The molecule has 2 atom stereocenters. The number of nitrogens with zero attached hydrogens (tertiary/aromatic N) is 3.